The van der Waals surface area contributed by atoms with E-state index in [9.17, 15) is 4.79 Å². The zero-order chi connectivity index (χ0) is 21.5. The Bertz CT molecular complexity index is 750. The van der Waals surface area contributed by atoms with Crippen LogP contribution in [0.3, 0.4) is 0 Å². The number of rotatable bonds is 6. The first-order valence-electron chi connectivity index (χ1n) is 12.3. The van der Waals surface area contributed by atoms with Crippen molar-refractivity contribution in [3.8, 4) is 0 Å². The molecule has 0 bridgehead atoms. The van der Waals surface area contributed by atoms with Crippen molar-refractivity contribution in [1.29, 1.82) is 0 Å². The molecule has 4 rings (SSSR count). The van der Waals surface area contributed by atoms with Gasteiger partial charge in [0.05, 0.1) is 0 Å². The average molecular weight is 426 g/mol. The van der Waals surface area contributed by atoms with Crippen molar-refractivity contribution in [2.45, 2.75) is 76.3 Å². The van der Waals surface area contributed by atoms with Gasteiger partial charge in [-0.1, -0.05) is 37.5 Å². The fourth-order valence-electron chi connectivity index (χ4n) is 5.42. The van der Waals surface area contributed by atoms with Gasteiger partial charge in [-0.3, -0.25) is 9.79 Å². The number of amides is 1. The number of fused-ring (bicyclic) bond motifs is 1. The molecule has 2 heterocycles. The third-order valence-corrected chi connectivity index (χ3v) is 7.23. The standard InChI is InChI=1S/C25H39N5O/c1-26-25(28-21-14-17-29(18-15-21)22-9-3-2-4-10-22)27-16-7-12-24(31)30-19-13-20-8-5-6-11-23(20)30/h5-6,8,11,21-22H,2-4,7,9-10,12-19H2,1H3,(H2,26,27,28). The van der Waals surface area contributed by atoms with Crippen molar-refractivity contribution >= 4 is 17.6 Å². The van der Waals surface area contributed by atoms with E-state index < -0.39 is 0 Å². The summed E-state index contributed by atoms with van der Waals surface area (Å²) < 4.78 is 0. The topological polar surface area (TPSA) is 60.0 Å². The zero-order valence-corrected chi connectivity index (χ0v) is 19.1. The summed E-state index contributed by atoms with van der Waals surface area (Å²) in [4.78, 5) is 21.7. The Morgan fingerprint density at radius 2 is 1.84 bits per heavy atom. The number of hydrogen-bond acceptors (Lipinski definition) is 3. The molecule has 0 unspecified atom stereocenters. The molecule has 2 fully saturated rings. The van der Waals surface area contributed by atoms with Gasteiger partial charge in [0.1, 0.15) is 0 Å². The van der Waals surface area contributed by atoms with Crippen molar-refractivity contribution in [1.82, 2.24) is 15.5 Å². The predicted octanol–water partition coefficient (Wildman–Crippen LogP) is 3.32. The number of carbonyl (C=O) groups excluding carboxylic acids is 1. The number of para-hydroxylation sites is 1. The van der Waals surface area contributed by atoms with E-state index in [0.29, 0.717) is 12.5 Å². The number of benzene rings is 1. The Hall–Kier alpha value is -2.08. The van der Waals surface area contributed by atoms with Gasteiger partial charge in [-0.15, -0.1) is 0 Å². The lowest BCUT2D eigenvalue weighted by Gasteiger charge is -2.39. The molecule has 0 spiro atoms. The smallest absolute Gasteiger partial charge is 0.227 e. The monoisotopic (exact) mass is 425 g/mol. The maximum atomic E-state index is 12.6. The van der Waals surface area contributed by atoms with Gasteiger partial charge in [-0.25, -0.2) is 0 Å². The van der Waals surface area contributed by atoms with E-state index in [2.05, 4.69) is 38.7 Å². The van der Waals surface area contributed by atoms with Crippen molar-refractivity contribution in [3.05, 3.63) is 29.8 Å². The highest BCUT2D eigenvalue weighted by Crippen LogP contribution is 2.28. The zero-order valence-electron chi connectivity index (χ0n) is 19.1. The van der Waals surface area contributed by atoms with Gasteiger partial charge in [0, 0.05) is 57.4 Å². The molecule has 1 saturated carbocycles. The fraction of sp³-hybridized carbons (Fsp3) is 0.680. The molecular weight excluding hydrogens is 386 g/mol. The predicted molar refractivity (Wildman–Crippen MR) is 128 cm³/mol. The fourth-order valence-corrected chi connectivity index (χ4v) is 5.42. The lowest BCUT2D eigenvalue weighted by Crippen LogP contribution is -2.51. The van der Waals surface area contributed by atoms with Gasteiger partial charge in [-0.2, -0.15) is 0 Å². The SMILES string of the molecule is CN=C(NCCCC(=O)N1CCc2ccccc21)NC1CCN(C2CCCCC2)CC1. The van der Waals surface area contributed by atoms with Crippen LogP contribution in [-0.2, 0) is 11.2 Å². The number of carbonyl (C=O) groups is 1. The second-order valence-corrected chi connectivity index (χ2v) is 9.27. The van der Waals surface area contributed by atoms with Crippen LogP contribution < -0.4 is 15.5 Å². The second kappa shape index (κ2) is 11.0. The first-order valence-corrected chi connectivity index (χ1v) is 12.3. The highest BCUT2D eigenvalue weighted by molar-refractivity contribution is 5.95. The number of likely N-dealkylation sites (tertiary alicyclic amines) is 1. The van der Waals surface area contributed by atoms with E-state index >= 15 is 0 Å². The summed E-state index contributed by atoms with van der Waals surface area (Å²) >= 11 is 0. The van der Waals surface area contributed by atoms with Crippen molar-refractivity contribution in [2.24, 2.45) is 4.99 Å². The number of hydrogen-bond donors (Lipinski definition) is 2. The molecule has 2 N–H and O–H groups in total. The molecule has 1 saturated heterocycles. The summed E-state index contributed by atoms with van der Waals surface area (Å²) in [5, 5.41) is 7.01. The molecule has 3 aliphatic rings. The molecule has 1 amide bonds. The van der Waals surface area contributed by atoms with E-state index in [1.54, 1.807) is 0 Å². The number of aliphatic imine (C=N–C) groups is 1. The molecule has 2 aliphatic heterocycles. The minimum atomic E-state index is 0.227. The van der Waals surface area contributed by atoms with E-state index in [0.717, 1.165) is 43.6 Å². The Morgan fingerprint density at radius 3 is 2.61 bits per heavy atom. The highest BCUT2D eigenvalue weighted by atomic mass is 16.2. The van der Waals surface area contributed by atoms with Gasteiger partial charge in [0.2, 0.25) is 5.91 Å². The molecule has 6 heteroatoms. The van der Waals surface area contributed by atoms with Crippen LogP contribution in [-0.4, -0.2) is 62.1 Å². The van der Waals surface area contributed by atoms with Crippen LogP contribution in [0.1, 0.15) is 63.4 Å². The maximum absolute atomic E-state index is 12.6. The molecule has 0 atom stereocenters. The summed E-state index contributed by atoms with van der Waals surface area (Å²) in [6.45, 7) is 3.98. The van der Waals surface area contributed by atoms with Crippen molar-refractivity contribution in [3.63, 3.8) is 0 Å². The molecule has 1 aliphatic carbocycles. The Balaban J connectivity index is 1.13. The minimum Gasteiger partial charge on any atom is -0.356 e. The Kier molecular flexibility index (Phi) is 7.84. The van der Waals surface area contributed by atoms with Crippen LogP contribution in [0.2, 0.25) is 0 Å². The average Bonchev–Trinajstić information content (AvgIpc) is 3.26. The number of nitrogens with zero attached hydrogens (tertiary/aromatic N) is 3. The molecule has 1 aromatic carbocycles. The molecule has 31 heavy (non-hydrogen) atoms. The van der Waals surface area contributed by atoms with E-state index in [1.165, 1.54) is 63.6 Å². The highest BCUT2D eigenvalue weighted by Gasteiger charge is 2.27. The van der Waals surface area contributed by atoms with Crippen molar-refractivity contribution in [2.75, 3.05) is 38.1 Å². The summed E-state index contributed by atoms with van der Waals surface area (Å²) in [6, 6.07) is 9.57. The third-order valence-electron chi connectivity index (χ3n) is 7.23. The van der Waals surface area contributed by atoms with Crippen LogP contribution in [0.5, 0.6) is 0 Å². The summed E-state index contributed by atoms with van der Waals surface area (Å²) in [5.41, 5.74) is 2.38. The molecule has 6 nitrogen and oxygen atoms in total. The molecule has 170 valence electrons. The maximum Gasteiger partial charge on any atom is 0.227 e. The van der Waals surface area contributed by atoms with E-state index in [4.69, 9.17) is 0 Å². The Morgan fingerprint density at radius 1 is 1.06 bits per heavy atom. The van der Waals surface area contributed by atoms with Crippen LogP contribution in [0.15, 0.2) is 29.3 Å². The summed E-state index contributed by atoms with van der Waals surface area (Å²) in [5.74, 6) is 1.10. The summed E-state index contributed by atoms with van der Waals surface area (Å²) in [6.07, 6.45) is 11.7. The normalized spacial score (nSPS) is 21.2. The lowest BCUT2D eigenvalue weighted by atomic mass is 9.92. The van der Waals surface area contributed by atoms with Gasteiger partial charge in [-0.05, 0) is 50.2 Å². The van der Waals surface area contributed by atoms with Crippen LogP contribution in [0.4, 0.5) is 5.69 Å². The van der Waals surface area contributed by atoms with Crippen LogP contribution in [0, 0.1) is 0 Å². The van der Waals surface area contributed by atoms with Crippen LogP contribution >= 0.6 is 0 Å². The molecule has 0 radical (unpaired) electrons. The first-order chi connectivity index (χ1) is 15.2. The van der Waals surface area contributed by atoms with Gasteiger partial charge >= 0.3 is 0 Å². The number of piperidine rings is 1. The third kappa shape index (κ3) is 5.79. The van der Waals surface area contributed by atoms with Crippen LogP contribution in [0.25, 0.3) is 0 Å². The number of anilines is 1. The van der Waals surface area contributed by atoms with Gasteiger partial charge in [0.25, 0.3) is 0 Å². The summed E-state index contributed by atoms with van der Waals surface area (Å²) in [7, 11) is 1.83. The van der Waals surface area contributed by atoms with E-state index in [-0.39, 0.29) is 5.91 Å². The molecule has 0 aromatic heterocycles. The molecule has 1 aromatic rings. The van der Waals surface area contributed by atoms with Gasteiger partial charge < -0.3 is 20.4 Å². The Labute approximate surface area is 187 Å². The quantitative estimate of drug-likeness (QED) is 0.417. The lowest BCUT2D eigenvalue weighted by molar-refractivity contribution is -0.118. The number of guanidine groups is 1. The van der Waals surface area contributed by atoms with Gasteiger partial charge in [0.15, 0.2) is 5.96 Å². The second-order valence-electron chi connectivity index (χ2n) is 9.27. The molecular formula is C25H39N5O. The number of nitrogens with one attached hydrogen (secondary N) is 2. The largest absolute Gasteiger partial charge is 0.356 e. The van der Waals surface area contributed by atoms with E-state index in [1.807, 2.05) is 18.0 Å². The minimum absolute atomic E-state index is 0.227. The first kappa shape index (κ1) is 22.1. The van der Waals surface area contributed by atoms with Crippen molar-refractivity contribution < 1.29 is 4.79 Å².